The summed E-state index contributed by atoms with van der Waals surface area (Å²) < 4.78 is 7.22. The first-order valence-corrected chi connectivity index (χ1v) is 7.51. The van der Waals surface area contributed by atoms with Crippen LogP contribution in [0.4, 0.5) is 0 Å². The van der Waals surface area contributed by atoms with Gasteiger partial charge < -0.3 is 14.2 Å². The summed E-state index contributed by atoms with van der Waals surface area (Å²) in [5.41, 5.74) is 0.206. The van der Waals surface area contributed by atoms with E-state index >= 15 is 0 Å². The maximum atomic E-state index is 12.6. The summed E-state index contributed by atoms with van der Waals surface area (Å²) in [5, 5.41) is 18.0. The quantitative estimate of drug-likeness (QED) is 0.804. The second-order valence-corrected chi connectivity index (χ2v) is 5.64. The molecular weight excluding hydrogens is 282 g/mol. The molecule has 0 radical (unpaired) electrons. The highest BCUT2D eigenvalue weighted by molar-refractivity contribution is 5.77. The molecule has 2 fully saturated rings. The van der Waals surface area contributed by atoms with Crippen molar-refractivity contribution in [3.8, 4) is 12.1 Å². The third-order valence-corrected chi connectivity index (χ3v) is 4.41. The molecule has 0 N–H and O–H groups in total. The highest BCUT2D eigenvalue weighted by atomic mass is 16.5. The van der Waals surface area contributed by atoms with Crippen LogP contribution in [-0.4, -0.2) is 45.7 Å². The minimum Gasteiger partial charge on any atom is -0.374 e. The van der Waals surface area contributed by atoms with Gasteiger partial charge in [0.15, 0.2) is 11.4 Å². The van der Waals surface area contributed by atoms with Crippen LogP contribution in [0, 0.1) is 22.7 Å². The number of amides is 1. The van der Waals surface area contributed by atoms with E-state index in [1.165, 1.54) is 10.9 Å². The van der Waals surface area contributed by atoms with E-state index < -0.39 is 0 Å². The fourth-order valence-corrected chi connectivity index (χ4v) is 3.34. The van der Waals surface area contributed by atoms with Crippen molar-refractivity contribution in [2.75, 3.05) is 13.2 Å². The lowest BCUT2D eigenvalue weighted by Crippen LogP contribution is -2.55. The van der Waals surface area contributed by atoms with Gasteiger partial charge >= 0.3 is 0 Å². The number of carbonyl (C=O) groups excluding carboxylic acids is 1. The summed E-state index contributed by atoms with van der Waals surface area (Å²) in [6.45, 7) is 1.19. The van der Waals surface area contributed by atoms with Crippen LogP contribution in [-0.2, 0) is 16.1 Å². The van der Waals surface area contributed by atoms with Crippen LogP contribution in [0.3, 0.4) is 0 Å². The second kappa shape index (κ2) is 6.17. The molecule has 1 amide bonds. The van der Waals surface area contributed by atoms with Crippen molar-refractivity contribution in [1.29, 1.82) is 10.5 Å². The maximum Gasteiger partial charge on any atom is 0.243 e. The molecule has 22 heavy (non-hydrogen) atoms. The monoisotopic (exact) mass is 299 g/mol. The summed E-state index contributed by atoms with van der Waals surface area (Å²) in [7, 11) is 0. The topological polar surface area (TPSA) is 94.9 Å². The van der Waals surface area contributed by atoms with Crippen LogP contribution in [0.25, 0.3) is 0 Å². The third-order valence-electron chi connectivity index (χ3n) is 4.41. The largest absolute Gasteiger partial charge is 0.374 e. The van der Waals surface area contributed by atoms with E-state index in [1.54, 1.807) is 0 Å². The summed E-state index contributed by atoms with van der Waals surface area (Å²) in [5.74, 6) is -0.0430. The lowest BCUT2D eigenvalue weighted by atomic mass is 9.90. The van der Waals surface area contributed by atoms with E-state index in [0.29, 0.717) is 13.2 Å². The molecule has 0 aromatic carbocycles. The van der Waals surface area contributed by atoms with Gasteiger partial charge in [0.1, 0.15) is 18.7 Å². The minimum absolute atomic E-state index is 0.0425. The molecule has 1 aromatic rings. The van der Waals surface area contributed by atoms with Crippen LogP contribution in [0.2, 0.25) is 0 Å². The van der Waals surface area contributed by atoms with Gasteiger partial charge in [-0.1, -0.05) is 12.8 Å². The molecular formula is C15H17N5O2. The van der Waals surface area contributed by atoms with Gasteiger partial charge in [-0.15, -0.1) is 0 Å². The first kappa shape index (κ1) is 14.6. The zero-order valence-corrected chi connectivity index (χ0v) is 12.2. The Bertz CT molecular complexity index is 652. The zero-order chi connectivity index (χ0) is 15.5. The lowest BCUT2D eigenvalue weighted by Gasteiger charge is -2.43. The smallest absolute Gasteiger partial charge is 0.243 e. The molecule has 0 unspecified atom stereocenters. The highest BCUT2D eigenvalue weighted by Gasteiger charge is 2.36. The number of morpholine rings is 1. The minimum atomic E-state index is -0.0430. The van der Waals surface area contributed by atoms with E-state index in [2.05, 4.69) is 4.98 Å². The highest BCUT2D eigenvalue weighted by Crippen LogP contribution is 2.28. The Morgan fingerprint density at radius 3 is 2.95 bits per heavy atom. The number of hydrogen-bond donors (Lipinski definition) is 0. The van der Waals surface area contributed by atoms with Gasteiger partial charge in [0, 0.05) is 6.54 Å². The van der Waals surface area contributed by atoms with Gasteiger partial charge in [0.25, 0.3) is 0 Å². The van der Waals surface area contributed by atoms with Crippen LogP contribution in [0.15, 0.2) is 6.33 Å². The number of nitriles is 2. The van der Waals surface area contributed by atoms with Crippen LogP contribution < -0.4 is 0 Å². The van der Waals surface area contributed by atoms with Gasteiger partial charge in [-0.25, -0.2) is 4.98 Å². The Hall–Kier alpha value is -2.38. The average molecular weight is 299 g/mol. The standard InChI is InChI=1S/C15H17N5O2/c16-7-11-13(8-17)19(10-18-11)9-15(21)20-5-6-22-14-4-2-1-3-12(14)20/h10,12,14H,1-6,9H2/t12-,14+/m0/s1. The predicted molar refractivity (Wildman–Crippen MR) is 75.4 cm³/mol. The zero-order valence-electron chi connectivity index (χ0n) is 12.2. The van der Waals surface area contributed by atoms with Crippen molar-refractivity contribution in [1.82, 2.24) is 14.5 Å². The summed E-state index contributed by atoms with van der Waals surface area (Å²) in [6, 6.07) is 3.95. The van der Waals surface area contributed by atoms with Gasteiger partial charge in [-0.05, 0) is 12.8 Å². The van der Waals surface area contributed by atoms with Crippen molar-refractivity contribution < 1.29 is 9.53 Å². The Morgan fingerprint density at radius 2 is 2.18 bits per heavy atom. The Labute approximate surface area is 128 Å². The average Bonchev–Trinajstić information content (AvgIpc) is 2.95. The molecule has 2 aliphatic rings. The maximum absolute atomic E-state index is 12.6. The van der Waals surface area contributed by atoms with Crippen molar-refractivity contribution >= 4 is 5.91 Å². The second-order valence-electron chi connectivity index (χ2n) is 5.64. The molecule has 0 spiro atoms. The predicted octanol–water partition coefficient (Wildman–Crippen LogP) is 0.796. The SMILES string of the molecule is N#Cc1ncn(CC(=O)N2CCO[C@@H]3CCCC[C@@H]32)c1C#N. The molecule has 7 heteroatoms. The Balaban J connectivity index is 1.75. The van der Waals surface area contributed by atoms with Crippen LogP contribution >= 0.6 is 0 Å². The number of ether oxygens (including phenoxy) is 1. The normalized spacial score (nSPS) is 24.2. The number of rotatable bonds is 2. The van der Waals surface area contributed by atoms with Crippen molar-refractivity contribution in [3.05, 3.63) is 17.7 Å². The molecule has 7 nitrogen and oxygen atoms in total. The van der Waals surface area contributed by atoms with Crippen LogP contribution in [0.5, 0.6) is 0 Å². The summed E-state index contributed by atoms with van der Waals surface area (Å²) >= 11 is 0. The molecule has 3 rings (SSSR count). The Morgan fingerprint density at radius 1 is 1.36 bits per heavy atom. The van der Waals surface area contributed by atoms with E-state index in [1.807, 2.05) is 17.0 Å². The van der Waals surface area contributed by atoms with E-state index in [9.17, 15) is 4.79 Å². The number of aromatic nitrogens is 2. The third kappa shape index (κ3) is 2.56. The molecule has 1 aliphatic carbocycles. The van der Waals surface area contributed by atoms with E-state index in [4.69, 9.17) is 15.3 Å². The molecule has 1 saturated carbocycles. The first-order valence-electron chi connectivity index (χ1n) is 7.51. The number of nitrogens with zero attached hydrogens (tertiary/aromatic N) is 5. The Kier molecular flexibility index (Phi) is 4.08. The van der Waals surface area contributed by atoms with Crippen molar-refractivity contribution in [3.63, 3.8) is 0 Å². The molecule has 0 bridgehead atoms. The van der Waals surface area contributed by atoms with Gasteiger partial charge in [0.05, 0.1) is 25.1 Å². The number of carbonyl (C=O) groups is 1. The molecule has 114 valence electrons. The van der Waals surface area contributed by atoms with Crippen molar-refractivity contribution in [2.45, 2.75) is 44.4 Å². The molecule has 1 aromatic heterocycles. The first-order chi connectivity index (χ1) is 10.7. The van der Waals surface area contributed by atoms with Crippen LogP contribution in [0.1, 0.15) is 37.1 Å². The van der Waals surface area contributed by atoms with Gasteiger partial charge in [0.2, 0.25) is 5.91 Å². The summed E-state index contributed by atoms with van der Waals surface area (Å²) in [4.78, 5) is 18.4. The van der Waals surface area contributed by atoms with Gasteiger partial charge in [-0.2, -0.15) is 10.5 Å². The summed E-state index contributed by atoms with van der Waals surface area (Å²) in [6.07, 6.45) is 5.75. The fraction of sp³-hybridized carbons (Fsp3) is 0.600. The number of fused-ring (bicyclic) bond motifs is 1. The molecule has 1 aliphatic heterocycles. The number of hydrogen-bond acceptors (Lipinski definition) is 5. The molecule has 2 atom stereocenters. The van der Waals surface area contributed by atoms with E-state index in [0.717, 1.165) is 25.7 Å². The lowest BCUT2D eigenvalue weighted by molar-refractivity contribution is -0.150. The van der Waals surface area contributed by atoms with E-state index in [-0.39, 0.29) is 36.0 Å². The fourth-order valence-electron chi connectivity index (χ4n) is 3.34. The van der Waals surface area contributed by atoms with Gasteiger partial charge in [-0.3, -0.25) is 4.79 Å². The molecule has 2 heterocycles. The van der Waals surface area contributed by atoms with Crippen molar-refractivity contribution in [2.24, 2.45) is 0 Å². The molecule has 1 saturated heterocycles. The number of imidazole rings is 1.